The number of hydrogen-bond acceptors (Lipinski definition) is 2. The van der Waals surface area contributed by atoms with E-state index in [2.05, 4.69) is 0 Å². The second kappa shape index (κ2) is 5.95. The number of pyridine rings is 1. The van der Waals surface area contributed by atoms with E-state index >= 15 is 0 Å². The smallest absolute Gasteiger partial charge is 0.202 e. The minimum Gasteiger partial charge on any atom is -0.475 e. The molecule has 0 N–H and O–H groups in total. The second-order valence-corrected chi connectivity index (χ2v) is 5.28. The van der Waals surface area contributed by atoms with Crippen molar-refractivity contribution in [2.45, 2.75) is 38.2 Å². The van der Waals surface area contributed by atoms with E-state index in [1.165, 1.54) is 19.3 Å². The first-order chi connectivity index (χ1) is 9.83. The molecule has 3 nitrogen and oxygen atoms in total. The van der Waals surface area contributed by atoms with Gasteiger partial charge in [0.15, 0.2) is 5.43 Å². The lowest BCUT2D eigenvalue weighted by molar-refractivity contribution is 0.145. The molecule has 0 radical (unpaired) electrons. The highest BCUT2D eigenvalue weighted by molar-refractivity contribution is 5.36. The Morgan fingerprint density at radius 1 is 1.00 bits per heavy atom. The van der Waals surface area contributed by atoms with Crippen LogP contribution in [0.4, 0.5) is 0 Å². The molecule has 0 bridgehead atoms. The van der Waals surface area contributed by atoms with Gasteiger partial charge < -0.3 is 4.74 Å². The normalized spacial score (nSPS) is 16.0. The molecule has 1 aliphatic carbocycles. The zero-order valence-electron chi connectivity index (χ0n) is 11.5. The summed E-state index contributed by atoms with van der Waals surface area (Å²) in [5.74, 6) is 0.649. The van der Waals surface area contributed by atoms with Gasteiger partial charge in [-0.3, -0.25) is 9.36 Å². The Kier molecular flexibility index (Phi) is 3.86. The lowest BCUT2D eigenvalue weighted by Gasteiger charge is -2.24. The van der Waals surface area contributed by atoms with Crippen molar-refractivity contribution < 1.29 is 4.74 Å². The fourth-order valence-corrected chi connectivity index (χ4v) is 2.71. The molecule has 0 unspecified atom stereocenters. The molecule has 0 saturated heterocycles. The first-order valence-corrected chi connectivity index (χ1v) is 7.28. The third kappa shape index (κ3) is 2.93. The standard InChI is InChI=1S/C17H19NO2/c19-15-11-12-18(14-7-3-1-4-8-14)17(13-15)20-16-9-5-2-6-10-16/h1,3-4,7-8,11-13,16H,2,5-6,9-10H2. The topological polar surface area (TPSA) is 31.2 Å². The molecule has 2 aromatic rings. The van der Waals surface area contributed by atoms with Crippen LogP contribution in [0, 0.1) is 0 Å². The maximum Gasteiger partial charge on any atom is 0.202 e. The lowest BCUT2D eigenvalue weighted by atomic mass is 9.98. The van der Waals surface area contributed by atoms with E-state index in [1.807, 2.05) is 34.9 Å². The van der Waals surface area contributed by atoms with Gasteiger partial charge in [0.05, 0.1) is 0 Å². The molecule has 3 heteroatoms. The Hall–Kier alpha value is -2.03. The average Bonchev–Trinajstić information content (AvgIpc) is 2.49. The van der Waals surface area contributed by atoms with E-state index < -0.39 is 0 Å². The highest BCUT2D eigenvalue weighted by atomic mass is 16.5. The third-order valence-electron chi connectivity index (χ3n) is 3.77. The minimum absolute atomic E-state index is 0.0111. The molecular weight excluding hydrogens is 250 g/mol. The van der Waals surface area contributed by atoms with Crippen LogP contribution in [-0.2, 0) is 0 Å². The Labute approximate surface area is 118 Å². The van der Waals surface area contributed by atoms with E-state index in [-0.39, 0.29) is 11.5 Å². The van der Waals surface area contributed by atoms with Crippen LogP contribution in [0.2, 0.25) is 0 Å². The predicted octanol–water partition coefficient (Wildman–Crippen LogP) is 3.55. The van der Waals surface area contributed by atoms with E-state index in [4.69, 9.17) is 4.74 Å². The summed E-state index contributed by atoms with van der Waals surface area (Å²) in [5, 5.41) is 0. The van der Waals surface area contributed by atoms with Gasteiger partial charge in [0, 0.05) is 24.0 Å². The zero-order chi connectivity index (χ0) is 13.8. The number of nitrogens with zero attached hydrogens (tertiary/aromatic N) is 1. The number of aromatic nitrogens is 1. The Morgan fingerprint density at radius 3 is 2.50 bits per heavy atom. The van der Waals surface area contributed by atoms with E-state index in [1.54, 1.807) is 18.3 Å². The molecule has 104 valence electrons. The van der Waals surface area contributed by atoms with Gasteiger partial charge in [0.1, 0.15) is 6.10 Å². The molecule has 0 spiro atoms. The van der Waals surface area contributed by atoms with Crippen LogP contribution in [0.1, 0.15) is 32.1 Å². The average molecular weight is 269 g/mol. The Morgan fingerprint density at radius 2 is 1.75 bits per heavy atom. The molecule has 1 fully saturated rings. The van der Waals surface area contributed by atoms with Crippen molar-refractivity contribution in [2.75, 3.05) is 0 Å². The molecule has 20 heavy (non-hydrogen) atoms. The molecule has 1 saturated carbocycles. The van der Waals surface area contributed by atoms with Gasteiger partial charge in [-0.05, 0) is 37.8 Å². The Bertz CT molecular complexity index is 612. The van der Waals surface area contributed by atoms with Crippen molar-refractivity contribution in [3.63, 3.8) is 0 Å². The van der Waals surface area contributed by atoms with Gasteiger partial charge in [-0.2, -0.15) is 0 Å². The summed E-state index contributed by atoms with van der Waals surface area (Å²) in [4.78, 5) is 11.6. The van der Waals surface area contributed by atoms with Crippen molar-refractivity contribution in [2.24, 2.45) is 0 Å². The fraction of sp³-hybridized carbons (Fsp3) is 0.353. The predicted molar refractivity (Wildman–Crippen MR) is 79.5 cm³/mol. The Balaban J connectivity index is 1.92. The summed E-state index contributed by atoms with van der Waals surface area (Å²) >= 11 is 0. The van der Waals surface area contributed by atoms with Crippen molar-refractivity contribution in [3.05, 3.63) is 58.9 Å². The lowest BCUT2D eigenvalue weighted by Crippen LogP contribution is -2.22. The highest BCUT2D eigenvalue weighted by Gasteiger charge is 2.16. The van der Waals surface area contributed by atoms with Crippen molar-refractivity contribution in [1.82, 2.24) is 4.57 Å². The van der Waals surface area contributed by atoms with Gasteiger partial charge in [-0.25, -0.2) is 0 Å². The summed E-state index contributed by atoms with van der Waals surface area (Å²) in [6.45, 7) is 0. The van der Waals surface area contributed by atoms with Gasteiger partial charge in [-0.15, -0.1) is 0 Å². The summed E-state index contributed by atoms with van der Waals surface area (Å²) < 4.78 is 8.03. The fourth-order valence-electron chi connectivity index (χ4n) is 2.71. The number of ether oxygens (including phenoxy) is 1. The first kappa shape index (κ1) is 13.0. The summed E-state index contributed by atoms with van der Waals surface area (Å²) in [5.41, 5.74) is 1.00. The third-order valence-corrected chi connectivity index (χ3v) is 3.77. The summed E-state index contributed by atoms with van der Waals surface area (Å²) in [7, 11) is 0. The molecular formula is C17H19NO2. The molecule has 0 amide bonds. The quantitative estimate of drug-likeness (QED) is 0.853. The number of rotatable bonds is 3. The van der Waals surface area contributed by atoms with Gasteiger partial charge in [0.25, 0.3) is 0 Å². The van der Waals surface area contributed by atoms with Gasteiger partial charge in [-0.1, -0.05) is 24.6 Å². The van der Waals surface area contributed by atoms with Crippen LogP contribution in [0.15, 0.2) is 53.5 Å². The molecule has 0 atom stereocenters. The molecule has 0 aliphatic heterocycles. The molecule has 1 aliphatic rings. The number of benzene rings is 1. The summed E-state index contributed by atoms with van der Waals surface area (Å²) in [6, 6.07) is 13.1. The number of para-hydroxylation sites is 1. The zero-order valence-corrected chi connectivity index (χ0v) is 11.5. The van der Waals surface area contributed by atoms with Crippen molar-refractivity contribution in [1.29, 1.82) is 0 Å². The first-order valence-electron chi connectivity index (χ1n) is 7.28. The van der Waals surface area contributed by atoms with E-state index in [0.29, 0.717) is 5.88 Å². The molecule has 1 heterocycles. The SMILES string of the molecule is O=c1ccn(-c2ccccc2)c(OC2CCCCC2)c1. The minimum atomic E-state index is -0.0111. The molecule has 1 aromatic carbocycles. The van der Waals surface area contributed by atoms with Crippen LogP contribution in [0.5, 0.6) is 5.88 Å². The second-order valence-electron chi connectivity index (χ2n) is 5.28. The molecule has 3 rings (SSSR count). The maximum absolute atomic E-state index is 11.6. The van der Waals surface area contributed by atoms with Crippen LogP contribution in [-0.4, -0.2) is 10.7 Å². The van der Waals surface area contributed by atoms with Crippen molar-refractivity contribution >= 4 is 0 Å². The molecule has 1 aromatic heterocycles. The van der Waals surface area contributed by atoms with Crippen LogP contribution in [0.25, 0.3) is 5.69 Å². The van der Waals surface area contributed by atoms with E-state index in [9.17, 15) is 4.79 Å². The van der Waals surface area contributed by atoms with Crippen LogP contribution in [0.3, 0.4) is 0 Å². The number of hydrogen-bond donors (Lipinski definition) is 0. The van der Waals surface area contributed by atoms with Crippen LogP contribution < -0.4 is 10.2 Å². The highest BCUT2D eigenvalue weighted by Crippen LogP contribution is 2.24. The monoisotopic (exact) mass is 269 g/mol. The van der Waals surface area contributed by atoms with E-state index in [0.717, 1.165) is 18.5 Å². The maximum atomic E-state index is 11.6. The van der Waals surface area contributed by atoms with Crippen LogP contribution >= 0.6 is 0 Å². The van der Waals surface area contributed by atoms with Gasteiger partial charge >= 0.3 is 0 Å². The largest absolute Gasteiger partial charge is 0.475 e. The summed E-state index contributed by atoms with van der Waals surface area (Å²) in [6.07, 6.45) is 7.91. The van der Waals surface area contributed by atoms with Crippen molar-refractivity contribution in [3.8, 4) is 11.6 Å². The van der Waals surface area contributed by atoms with Gasteiger partial charge in [0.2, 0.25) is 5.88 Å².